The Hall–Kier alpha value is -2.30. The number of nitrogens with one attached hydrogen (secondary N) is 1. The first-order chi connectivity index (χ1) is 8.11. The molecule has 0 radical (unpaired) electrons. The molecule has 0 aliphatic carbocycles. The second-order valence-corrected chi connectivity index (χ2v) is 3.68. The standard InChI is InChI=1S/C12H12N2O3/c1-7-3-4-11(17-2)8(5-7)9-6-10(12(15)16)14-13-9/h3-6H,1-2H3,(H,13,14)(H,15,16). The van der Waals surface area contributed by atoms with Crippen LogP contribution in [0.5, 0.6) is 5.75 Å². The number of nitrogens with zero attached hydrogens (tertiary/aromatic N) is 1. The molecular weight excluding hydrogens is 220 g/mol. The number of carbonyl (C=O) groups is 1. The fourth-order valence-corrected chi connectivity index (χ4v) is 1.59. The molecule has 2 rings (SSSR count). The van der Waals surface area contributed by atoms with E-state index in [0.29, 0.717) is 11.4 Å². The molecule has 0 spiro atoms. The van der Waals surface area contributed by atoms with Crippen molar-refractivity contribution in [3.8, 4) is 17.0 Å². The number of rotatable bonds is 3. The molecule has 0 bridgehead atoms. The van der Waals surface area contributed by atoms with Crippen LogP contribution >= 0.6 is 0 Å². The number of hydrogen-bond donors (Lipinski definition) is 2. The maximum absolute atomic E-state index is 10.8. The first-order valence-electron chi connectivity index (χ1n) is 5.05. The fourth-order valence-electron chi connectivity index (χ4n) is 1.59. The van der Waals surface area contributed by atoms with Crippen molar-refractivity contribution in [3.05, 3.63) is 35.5 Å². The van der Waals surface area contributed by atoms with Crippen molar-refractivity contribution in [2.24, 2.45) is 0 Å². The highest BCUT2D eigenvalue weighted by molar-refractivity contribution is 5.87. The number of aromatic amines is 1. The van der Waals surface area contributed by atoms with Crippen molar-refractivity contribution in [3.63, 3.8) is 0 Å². The topological polar surface area (TPSA) is 75.2 Å². The molecule has 17 heavy (non-hydrogen) atoms. The smallest absolute Gasteiger partial charge is 0.353 e. The van der Waals surface area contributed by atoms with E-state index in [9.17, 15) is 4.79 Å². The van der Waals surface area contributed by atoms with E-state index in [0.717, 1.165) is 11.1 Å². The van der Waals surface area contributed by atoms with E-state index in [1.165, 1.54) is 6.07 Å². The van der Waals surface area contributed by atoms with Gasteiger partial charge in [-0.1, -0.05) is 11.6 Å². The van der Waals surface area contributed by atoms with Crippen molar-refractivity contribution in [2.75, 3.05) is 7.11 Å². The van der Waals surface area contributed by atoms with Crippen LogP contribution in [-0.2, 0) is 0 Å². The van der Waals surface area contributed by atoms with Gasteiger partial charge in [-0.05, 0) is 25.1 Å². The Labute approximate surface area is 98.0 Å². The Morgan fingerprint density at radius 2 is 2.18 bits per heavy atom. The summed E-state index contributed by atoms with van der Waals surface area (Å²) in [5.74, 6) is -0.366. The van der Waals surface area contributed by atoms with Crippen LogP contribution in [0.2, 0.25) is 0 Å². The van der Waals surface area contributed by atoms with Crippen LogP contribution in [0.3, 0.4) is 0 Å². The van der Waals surface area contributed by atoms with Crippen LogP contribution in [0.4, 0.5) is 0 Å². The monoisotopic (exact) mass is 232 g/mol. The van der Waals surface area contributed by atoms with E-state index in [4.69, 9.17) is 9.84 Å². The van der Waals surface area contributed by atoms with Gasteiger partial charge in [-0.25, -0.2) is 4.79 Å². The zero-order chi connectivity index (χ0) is 12.4. The molecule has 2 aromatic rings. The van der Waals surface area contributed by atoms with Gasteiger partial charge in [0.25, 0.3) is 0 Å². The van der Waals surface area contributed by atoms with E-state index in [1.54, 1.807) is 7.11 Å². The Bertz CT molecular complexity index is 561. The van der Waals surface area contributed by atoms with Gasteiger partial charge >= 0.3 is 5.97 Å². The van der Waals surface area contributed by atoms with Crippen LogP contribution < -0.4 is 4.74 Å². The van der Waals surface area contributed by atoms with Gasteiger partial charge in [0.2, 0.25) is 0 Å². The van der Waals surface area contributed by atoms with Crippen molar-refractivity contribution in [1.29, 1.82) is 0 Å². The highest BCUT2D eigenvalue weighted by Crippen LogP contribution is 2.29. The van der Waals surface area contributed by atoms with E-state index in [-0.39, 0.29) is 5.69 Å². The van der Waals surface area contributed by atoms with Crippen LogP contribution in [0.15, 0.2) is 24.3 Å². The quantitative estimate of drug-likeness (QED) is 0.849. The highest BCUT2D eigenvalue weighted by Gasteiger charge is 2.12. The number of carboxylic acid groups (broad SMARTS) is 1. The average molecular weight is 232 g/mol. The van der Waals surface area contributed by atoms with Gasteiger partial charge in [-0.2, -0.15) is 5.10 Å². The number of benzene rings is 1. The molecule has 0 unspecified atom stereocenters. The molecule has 0 aliphatic rings. The zero-order valence-electron chi connectivity index (χ0n) is 9.52. The first-order valence-corrected chi connectivity index (χ1v) is 5.05. The Morgan fingerprint density at radius 3 is 2.76 bits per heavy atom. The normalized spacial score (nSPS) is 10.2. The molecular formula is C12H12N2O3. The largest absolute Gasteiger partial charge is 0.496 e. The molecule has 0 saturated heterocycles. The number of hydrogen-bond acceptors (Lipinski definition) is 3. The number of aromatic carboxylic acids is 1. The summed E-state index contributed by atoms with van der Waals surface area (Å²) in [5.41, 5.74) is 2.45. The highest BCUT2D eigenvalue weighted by atomic mass is 16.5. The molecule has 2 N–H and O–H groups in total. The van der Waals surface area contributed by atoms with Gasteiger partial charge in [0.1, 0.15) is 11.4 Å². The molecule has 0 aliphatic heterocycles. The maximum Gasteiger partial charge on any atom is 0.353 e. The van der Waals surface area contributed by atoms with Crippen LogP contribution in [0, 0.1) is 6.92 Å². The number of aromatic nitrogens is 2. The molecule has 0 saturated carbocycles. The molecule has 5 heteroatoms. The lowest BCUT2D eigenvalue weighted by Crippen LogP contribution is -1.95. The summed E-state index contributed by atoms with van der Waals surface area (Å²) in [6.45, 7) is 1.95. The van der Waals surface area contributed by atoms with Gasteiger partial charge < -0.3 is 9.84 Å². The van der Waals surface area contributed by atoms with E-state index in [2.05, 4.69) is 10.2 Å². The minimum Gasteiger partial charge on any atom is -0.496 e. The van der Waals surface area contributed by atoms with Crippen LogP contribution in [0.1, 0.15) is 16.1 Å². The van der Waals surface area contributed by atoms with Crippen molar-refractivity contribution < 1.29 is 14.6 Å². The van der Waals surface area contributed by atoms with Crippen molar-refractivity contribution in [2.45, 2.75) is 6.92 Å². The number of methoxy groups -OCH3 is 1. The Kier molecular flexibility index (Phi) is 2.82. The van der Waals surface area contributed by atoms with E-state index in [1.807, 2.05) is 25.1 Å². The summed E-state index contributed by atoms with van der Waals surface area (Å²) in [6, 6.07) is 7.15. The lowest BCUT2D eigenvalue weighted by Gasteiger charge is -2.06. The molecule has 1 aromatic carbocycles. The third-order valence-corrected chi connectivity index (χ3v) is 2.44. The van der Waals surface area contributed by atoms with Gasteiger partial charge in [0, 0.05) is 5.56 Å². The fraction of sp³-hybridized carbons (Fsp3) is 0.167. The molecule has 88 valence electrons. The third kappa shape index (κ3) is 2.13. The summed E-state index contributed by atoms with van der Waals surface area (Å²) in [5, 5.41) is 15.3. The summed E-state index contributed by atoms with van der Waals surface area (Å²) in [7, 11) is 1.57. The van der Waals surface area contributed by atoms with Crippen molar-refractivity contribution >= 4 is 5.97 Å². The minimum absolute atomic E-state index is 0.0589. The second-order valence-electron chi connectivity index (χ2n) is 3.68. The number of ether oxygens (including phenoxy) is 1. The maximum atomic E-state index is 10.8. The van der Waals surface area contributed by atoms with Gasteiger partial charge in [0.15, 0.2) is 0 Å². The average Bonchev–Trinajstić information content (AvgIpc) is 2.78. The van der Waals surface area contributed by atoms with Crippen LogP contribution in [-0.4, -0.2) is 28.4 Å². The number of aryl methyl sites for hydroxylation is 1. The van der Waals surface area contributed by atoms with Gasteiger partial charge in [-0.3, -0.25) is 5.10 Å². The Balaban J connectivity index is 2.51. The number of H-pyrrole nitrogens is 1. The summed E-state index contributed by atoms with van der Waals surface area (Å²) >= 11 is 0. The number of carboxylic acids is 1. The molecule has 0 amide bonds. The van der Waals surface area contributed by atoms with Gasteiger partial charge in [0.05, 0.1) is 12.8 Å². The van der Waals surface area contributed by atoms with Crippen LogP contribution in [0.25, 0.3) is 11.3 Å². The lowest BCUT2D eigenvalue weighted by molar-refractivity contribution is 0.0690. The first kappa shape index (κ1) is 11.2. The predicted molar refractivity (Wildman–Crippen MR) is 62.3 cm³/mol. The molecule has 1 aromatic heterocycles. The summed E-state index contributed by atoms with van der Waals surface area (Å²) in [6.07, 6.45) is 0. The molecule has 0 fully saturated rings. The molecule has 1 heterocycles. The molecule has 5 nitrogen and oxygen atoms in total. The van der Waals surface area contributed by atoms with E-state index < -0.39 is 5.97 Å². The SMILES string of the molecule is COc1ccc(C)cc1-c1cc(C(=O)O)[nH]n1. The predicted octanol–water partition coefficient (Wildman–Crippen LogP) is 2.09. The Morgan fingerprint density at radius 1 is 1.41 bits per heavy atom. The summed E-state index contributed by atoms with van der Waals surface area (Å²) < 4.78 is 5.22. The zero-order valence-corrected chi connectivity index (χ0v) is 9.52. The second kappa shape index (κ2) is 4.29. The van der Waals surface area contributed by atoms with E-state index >= 15 is 0 Å². The van der Waals surface area contributed by atoms with Crippen molar-refractivity contribution in [1.82, 2.24) is 10.2 Å². The third-order valence-electron chi connectivity index (χ3n) is 2.44. The summed E-state index contributed by atoms with van der Waals surface area (Å²) in [4.78, 5) is 10.8. The minimum atomic E-state index is -1.03. The molecule has 0 atom stereocenters. The van der Waals surface area contributed by atoms with Gasteiger partial charge in [-0.15, -0.1) is 0 Å². The lowest BCUT2D eigenvalue weighted by atomic mass is 10.1.